The van der Waals surface area contributed by atoms with Crippen molar-refractivity contribution in [2.75, 3.05) is 0 Å². The van der Waals surface area contributed by atoms with E-state index in [0.717, 1.165) is 10.5 Å². The van der Waals surface area contributed by atoms with Crippen molar-refractivity contribution in [3.63, 3.8) is 0 Å². The van der Waals surface area contributed by atoms with Gasteiger partial charge in [0.15, 0.2) is 0 Å². The number of nitro benzene ring substituents is 1. The van der Waals surface area contributed by atoms with E-state index in [1.165, 1.54) is 18.2 Å². The third kappa shape index (κ3) is 3.04. The van der Waals surface area contributed by atoms with Crippen LogP contribution in [0.5, 0.6) is 0 Å². The molecule has 0 N–H and O–H groups in total. The van der Waals surface area contributed by atoms with E-state index in [0.29, 0.717) is 22.6 Å². The molecular formula is C16H9BrN3O4-. The Morgan fingerprint density at radius 1 is 1.21 bits per heavy atom. The molecular weight excluding hydrogens is 378 g/mol. The van der Waals surface area contributed by atoms with Crippen LogP contribution in [0.15, 0.2) is 53.1 Å². The number of carboxylic acids is 1. The van der Waals surface area contributed by atoms with Crippen molar-refractivity contribution in [1.29, 1.82) is 0 Å². The number of carboxylic acid groups (broad SMARTS) is 1. The smallest absolute Gasteiger partial charge is 0.269 e. The minimum Gasteiger partial charge on any atom is -0.545 e. The maximum Gasteiger partial charge on any atom is 0.269 e. The van der Waals surface area contributed by atoms with Crippen molar-refractivity contribution < 1.29 is 14.8 Å². The number of halogens is 1. The van der Waals surface area contributed by atoms with Crippen molar-refractivity contribution in [1.82, 2.24) is 9.38 Å². The molecule has 0 fully saturated rings. The van der Waals surface area contributed by atoms with Crippen LogP contribution in [0.2, 0.25) is 0 Å². The third-order valence-corrected chi connectivity index (χ3v) is 3.82. The highest BCUT2D eigenvalue weighted by Gasteiger charge is 2.14. The highest BCUT2D eigenvalue weighted by atomic mass is 79.9. The zero-order chi connectivity index (χ0) is 17.3. The number of aliphatic carboxylic acids is 1. The summed E-state index contributed by atoms with van der Waals surface area (Å²) in [5, 5.41) is 21.5. The van der Waals surface area contributed by atoms with Gasteiger partial charge in [0, 0.05) is 28.4 Å². The quantitative estimate of drug-likeness (QED) is 0.389. The van der Waals surface area contributed by atoms with Gasteiger partial charge in [-0.1, -0.05) is 0 Å². The summed E-state index contributed by atoms with van der Waals surface area (Å²) in [5.74, 6) is -1.32. The first kappa shape index (κ1) is 15.9. The molecule has 0 saturated heterocycles. The molecule has 0 bridgehead atoms. The number of pyridine rings is 1. The monoisotopic (exact) mass is 386 g/mol. The Morgan fingerprint density at radius 3 is 2.54 bits per heavy atom. The molecule has 0 spiro atoms. The predicted molar refractivity (Wildman–Crippen MR) is 89.0 cm³/mol. The number of fused-ring (bicyclic) bond motifs is 1. The molecule has 120 valence electrons. The number of carbonyl (C=O) groups excluding carboxylic acids is 1. The van der Waals surface area contributed by atoms with Crippen LogP contribution in [0.3, 0.4) is 0 Å². The molecule has 7 nitrogen and oxygen atoms in total. The van der Waals surface area contributed by atoms with Gasteiger partial charge in [0.25, 0.3) is 5.69 Å². The van der Waals surface area contributed by atoms with Crippen LogP contribution in [0.1, 0.15) is 5.69 Å². The van der Waals surface area contributed by atoms with Crippen LogP contribution >= 0.6 is 15.9 Å². The number of non-ortho nitro benzene ring substituents is 1. The van der Waals surface area contributed by atoms with E-state index in [1.807, 2.05) is 6.07 Å². The molecule has 2 aromatic heterocycles. The maximum absolute atomic E-state index is 10.8. The first-order valence-corrected chi connectivity index (χ1v) is 7.56. The van der Waals surface area contributed by atoms with Gasteiger partial charge in [0.1, 0.15) is 5.65 Å². The summed E-state index contributed by atoms with van der Waals surface area (Å²) in [6.07, 6.45) is 4.06. The van der Waals surface area contributed by atoms with Crippen LogP contribution in [-0.4, -0.2) is 20.3 Å². The number of imidazole rings is 1. The molecule has 0 radical (unpaired) electrons. The molecule has 0 amide bonds. The molecule has 0 atom stereocenters. The first-order chi connectivity index (χ1) is 11.5. The number of benzene rings is 1. The Labute approximate surface area is 144 Å². The topological polar surface area (TPSA) is 101 Å². The molecule has 8 heteroatoms. The number of rotatable bonds is 4. The molecule has 3 aromatic rings. The molecule has 3 rings (SSSR count). The van der Waals surface area contributed by atoms with Gasteiger partial charge >= 0.3 is 0 Å². The number of aromatic nitrogens is 2. The van der Waals surface area contributed by atoms with E-state index in [4.69, 9.17) is 0 Å². The van der Waals surface area contributed by atoms with Crippen molar-refractivity contribution in [3.05, 3.63) is 69.0 Å². The van der Waals surface area contributed by atoms with Crippen LogP contribution in [0.4, 0.5) is 5.69 Å². The van der Waals surface area contributed by atoms with Gasteiger partial charge in [-0.25, -0.2) is 4.98 Å². The molecule has 0 unspecified atom stereocenters. The Morgan fingerprint density at radius 2 is 1.92 bits per heavy atom. The van der Waals surface area contributed by atoms with Crippen LogP contribution < -0.4 is 5.11 Å². The van der Waals surface area contributed by atoms with Gasteiger partial charge in [-0.2, -0.15) is 0 Å². The number of hydrogen-bond donors (Lipinski definition) is 0. The molecule has 1 aromatic carbocycles. The second-order valence-electron chi connectivity index (χ2n) is 4.88. The molecule has 0 aliphatic rings. The summed E-state index contributed by atoms with van der Waals surface area (Å²) < 4.78 is 2.52. The minimum absolute atomic E-state index is 0.0305. The largest absolute Gasteiger partial charge is 0.545 e. The fourth-order valence-electron chi connectivity index (χ4n) is 2.30. The molecule has 24 heavy (non-hydrogen) atoms. The number of hydrogen-bond acceptors (Lipinski definition) is 5. The van der Waals surface area contributed by atoms with Gasteiger partial charge in [0.2, 0.25) is 0 Å². The van der Waals surface area contributed by atoms with Gasteiger partial charge in [-0.15, -0.1) is 0 Å². The SMILES string of the molecule is O=C([O-])/C=C/c1c(-c2ccc([N+](=O)[O-])cc2)nc2ccc(Br)cn12. The van der Waals surface area contributed by atoms with Gasteiger partial charge in [0.05, 0.1) is 22.3 Å². The highest BCUT2D eigenvalue weighted by molar-refractivity contribution is 9.10. The first-order valence-electron chi connectivity index (χ1n) is 6.77. The number of carbonyl (C=O) groups is 1. The molecule has 0 saturated carbocycles. The molecule has 0 aliphatic carbocycles. The summed E-state index contributed by atoms with van der Waals surface area (Å²) in [7, 11) is 0. The van der Waals surface area contributed by atoms with Crippen molar-refractivity contribution in [2.24, 2.45) is 0 Å². The van der Waals surface area contributed by atoms with E-state index in [2.05, 4.69) is 20.9 Å². The average Bonchev–Trinajstić information content (AvgIpc) is 2.90. The highest BCUT2D eigenvalue weighted by Crippen LogP contribution is 2.28. The van der Waals surface area contributed by atoms with E-state index in [1.54, 1.807) is 28.8 Å². The fourth-order valence-corrected chi connectivity index (χ4v) is 2.63. The summed E-state index contributed by atoms with van der Waals surface area (Å²) in [6.45, 7) is 0. The molecule has 2 heterocycles. The normalized spacial score (nSPS) is 11.2. The Balaban J connectivity index is 2.20. The lowest BCUT2D eigenvalue weighted by Crippen LogP contribution is -2.18. The van der Waals surface area contributed by atoms with E-state index < -0.39 is 10.9 Å². The standard InChI is InChI=1S/C16H10BrN3O4/c17-11-3-7-14-18-16(10-1-4-12(5-2-10)20(23)24)13(19(14)9-11)6-8-15(21)22/h1-9H,(H,21,22)/p-1/b8-6+. The summed E-state index contributed by atoms with van der Waals surface area (Å²) >= 11 is 3.36. The average molecular weight is 387 g/mol. The second-order valence-corrected chi connectivity index (χ2v) is 5.79. The van der Waals surface area contributed by atoms with E-state index >= 15 is 0 Å². The summed E-state index contributed by atoms with van der Waals surface area (Å²) in [6, 6.07) is 9.49. The lowest BCUT2D eigenvalue weighted by Gasteiger charge is -2.02. The van der Waals surface area contributed by atoms with Crippen molar-refractivity contribution in [3.8, 4) is 11.3 Å². The predicted octanol–water partition coefficient (Wildman–Crippen LogP) is 2.44. The van der Waals surface area contributed by atoms with Crippen LogP contribution in [0.25, 0.3) is 23.0 Å². The Bertz CT molecular complexity index is 977. The Kier molecular flexibility index (Phi) is 4.13. The van der Waals surface area contributed by atoms with E-state index in [-0.39, 0.29) is 5.69 Å². The number of nitro groups is 1. The lowest BCUT2D eigenvalue weighted by molar-refractivity contribution is -0.384. The fraction of sp³-hybridized carbons (Fsp3) is 0. The van der Waals surface area contributed by atoms with Crippen molar-refractivity contribution >= 4 is 39.3 Å². The second kappa shape index (κ2) is 6.25. The zero-order valence-corrected chi connectivity index (χ0v) is 13.6. The third-order valence-electron chi connectivity index (χ3n) is 3.35. The number of nitrogens with zero attached hydrogens (tertiary/aromatic N) is 3. The maximum atomic E-state index is 10.8. The Hall–Kier alpha value is -3.00. The zero-order valence-electron chi connectivity index (χ0n) is 12.0. The van der Waals surface area contributed by atoms with Crippen LogP contribution in [-0.2, 0) is 4.79 Å². The van der Waals surface area contributed by atoms with Crippen molar-refractivity contribution in [2.45, 2.75) is 0 Å². The summed E-state index contributed by atoms with van der Waals surface area (Å²) in [5.41, 5.74) is 2.27. The van der Waals surface area contributed by atoms with Gasteiger partial charge < -0.3 is 9.90 Å². The molecule has 0 aliphatic heterocycles. The van der Waals surface area contributed by atoms with Gasteiger partial charge in [-0.3, -0.25) is 14.5 Å². The van der Waals surface area contributed by atoms with E-state index in [9.17, 15) is 20.0 Å². The van der Waals surface area contributed by atoms with Crippen LogP contribution in [0, 0.1) is 10.1 Å². The lowest BCUT2D eigenvalue weighted by atomic mass is 10.1. The van der Waals surface area contributed by atoms with Gasteiger partial charge in [-0.05, 0) is 52.3 Å². The summed E-state index contributed by atoms with van der Waals surface area (Å²) in [4.78, 5) is 25.5. The minimum atomic E-state index is -1.32.